The number of thioether (sulfide) groups is 1. The molecule has 0 aromatic heterocycles. The highest BCUT2D eigenvalue weighted by Gasteiger charge is 2.29. The normalized spacial score (nSPS) is 28.8. The van der Waals surface area contributed by atoms with E-state index in [1.54, 1.807) is 0 Å². The lowest BCUT2D eigenvalue weighted by Crippen LogP contribution is -2.45. The van der Waals surface area contributed by atoms with Crippen molar-refractivity contribution in [3.8, 4) is 0 Å². The fraction of sp³-hybridized carbons (Fsp3) is 0.917. The van der Waals surface area contributed by atoms with Crippen molar-refractivity contribution in [3.05, 3.63) is 0 Å². The van der Waals surface area contributed by atoms with Crippen LogP contribution in [0, 0.1) is 5.41 Å². The molecule has 1 unspecified atom stereocenters. The average molecular weight is 242 g/mol. The molecule has 1 atom stereocenters. The Kier molecular flexibility index (Phi) is 3.80. The second-order valence-electron chi connectivity index (χ2n) is 5.80. The van der Waals surface area contributed by atoms with E-state index in [0.29, 0.717) is 24.0 Å². The molecular weight excluding hydrogens is 220 g/mol. The van der Waals surface area contributed by atoms with Crippen LogP contribution in [0.15, 0.2) is 0 Å². The maximum atomic E-state index is 11.5. The zero-order chi connectivity index (χ0) is 11.6. The van der Waals surface area contributed by atoms with Gasteiger partial charge < -0.3 is 10.6 Å². The zero-order valence-electron chi connectivity index (χ0n) is 10.2. The van der Waals surface area contributed by atoms with Crippen molar-refractivity contribution < 1.29 is 4.79 Å². The van der Waals surface area contributed by atoms with Gasteiger partial charge in [-0.3, -0.25) is 4.79 Å². The summed E-state index contributed by atoms with van der Waals surface area (Å²) in [5.74, 6) is 2.54. The molecule has 2 aliphatic rings. The van der Waals surface area contributed by atoms with Crippen LogP contribution in [0.4, 0.5) is 0 Å². The van der Waals surface area contributed by atoms with Gasteiger partial charge in [-0.25, -0.2) is 0 Å². The molecule has 2 rings (SSSR count). The number of nitrogens with one attached hydrogen (secondary N) is 2. The second kappa shape index (κ2) is 4.96. The molecule has 0 radical (unpaired) electrons. The van der Waals surface area contributed by atoms with Gasteiger partial charge in [-0.05, 0) is 30.4 Å². The molecule has 1 saturated carbocycles. The van der Waals surface area contributed by atoms with E-state index in [-0.39, 0.29) is 5.91 Å². The first-order valence-electron chi connectivity index (χ1n) is 6.16. The lowest BCUT2D eigenvalue weighted by molar-refractivity contribution is -0.120. The molecule has 4 heteroatoms. The zero-order valence-corrected chi connectivity index (χ0v) is 11.0. The van der Waals surface area contributed by atoms with Gasteiger partial charge in [-0.2, -0.15) is 11.8 Å². The highest BCUT2D eigenvalue weighted by Crippen LogP contribution is 2.33. The quantitative estimate of drug-likeness (QED) is 0.783. The lowest BCUT2D eigenvalue weighted by atomic mass is 9.88. The monoisotopic (exact) mass is 242 g/mol. The minimum atomic E-state index is 0.163. The van der Waals surface area contributed by atoms with Gasteiger partial charge >= 0.3 is 0 Å². The maximum absolute atomic E-state index is 11.5. The topological polar surface area (TPSA) is 41.1 Å². The van der Waals surface area contributed by atoms with E-state index in [9.17, 15) is 4.79 Å². The van der Waals surface area contributed by atoms with E-state index in [2.05, 4.69) is 24.5 Å². The molecule has 0 aromatic carbocycles. The Hall–Kier alpha value is -0.220. The summed E-state index contributed by atoms with van der Waals surface area (Å²) in [4.78, 5) is 11.5. The van der Waals surface area contributed by atoms with Crippen LogP contribution in [-0.4, -0.2) is 36.0 Å². The van der Waals surface area contributed by atoms with Gasteiger partial charge in [0, 0.05) is 17.8 Å². The predicted molar refractivity (Wildman–Crippen MR) is 68.7 cm³/mol. The first kappa shape index (κ1) is 12.2. The van der Waals surface area contributed by atoms with E-state index >= 15 is 0 Å². The summed E-state index contributed by atoms with van der Waals surface area (Å²) >= 11 is 1.99. The molecule has 1 heterocycles. The van der Waals surface area contributed by atoms with Crippen LogP contribution >= 0.6 is 11.8 Å². The maximum Gasteiger partial charge on any atom is 0.234 e. The molecule has 0 spiro atoms. The van der Waals surface area contributed by atoms with Gasteiger partial charge in [0.15, 0.2) is 0 Å². The molecule has 2 fully saturated rings. The second-order valence-corrected chi connectivity index (χ2v) is 6.83. The third-order valence-electron chi connectivity index (χ3n) is 3.10. The van der Waals surface area contributed by atoms with Crippen LogP contribution in [-0.2, 0) is 4.79 Å². The van der Waals surface area contributed by atoms with Crippen LogP contribution < -0.4 is 10.6 Å². The third kappa shape index (κ3) is 3.98. The van der Waals surface area contributed by atoms with Crippen LogP contribution in [0.2, 0.25) is 0 Å². The summed E-state index contributed by atoms with van der Waals surface area (Å²) in [6.07, 6.45) is 3.51. The Bertz CT molecular complexity index is 264. The van der Waals surface area contributed by atoms with Crippen molar-refractivity contribution in [1.29, 1.82) is 0 Å². The Morgan fingerprint density at radius 2 is 2.12 bits per heavy atom. The largest absolute Gasteiger partial charge is 0.352 e. The number of hydrogen-bond donors (Lipinski definition) is 2. The summed E-state index contributed by atoms with van der Waals surface area (Å²) in [7, 11) is 0. The first-order chi connectivity index (χ1) is 7.55. The van der Waals surface area contributed by atoms with E-state index < -0.39 is 0 Å². The molecule has 1 aliphatic heterocycles. The Morgan fingerprint density at radius 3 is 2.75 bits per heavy atom. The molecule has 2 N–H and O–H groups in total. The van der Waals surface area contributed by atoms with Crippen molar-refractivity contribution >= 4 is 17.7 Å². The minimum Gasteiger partial charge on any atom is -0.352 e. The van der Waals surface area contributed by atoms with E-state index in [4.69, 9.17) is 0 Å². The molecule has 0 aromatic rings. The average Bonchev–Trinajstić information content (AvgIpc) is 2.97. The van der Waals surface area contributed by atoms with Gasteiger partial charge in [0.1, 0.15) is 0 Å². The van der Waals surface area contributed by atoms with Crippen molar-refractivity contribution in [2.45, 2.75) is 45.2 Å². The SMILES string of the molecule is CC1(C)CSCC(NCC(=O)NC2CC2)C1. The molecule has 0 bridgehead atoms. The summed E-state index contributed by atoms with van der Waals surface area (Å²) in [5.41, 5.74) is 0.410. The first-order valence-corrected chi connectivity index (χ1v) is 7.31. The summed E-state index contributed by atoms with van der Waals surface area (Å²) in [6.45, 7) is 5.09. The molecule has 1 aliphatic carbocycles. The van der Waals surface area contributed by atoms with E-state index in [1.807, 2.05) is 11.8 Å². The lowest BCUT2D eigenvalue weighted by Gasteiger charge is -2.35. The Morgan fingerprint density at radius 1 is 1.38 bits per heavy atom. The molecule has 16 heavy (non-hydrogen) atoms. The predicted octanol–water partition coefficient (Wildman–Crippen LogP) is 1.39. The molecule has 3 nitrogen and oxygen atoms in total. The van der Waals surface area contributed by atoms with Gasteiger partial charge in [0.2, 0.25) is 5.91 Å². The van der Waals surface area contributed by atoms with Crippen molar-refractivity contribution in [3.63, 3.8) is 0 Å². The standard InChI is InChI=1S/C12H22N2OS/c1-12(2)5-10(7-16-8-12)13-6-11(15)14-9-3-4-9/h9-10,13H,3-8H2,1-2H3,(H,14,15). The van der Waals surface area contributed by atoms with Gasteiger partial charge in [0.25, 0.3) is 0 Å². The highest BCUT2D eigenvalue weighted by atomic mass is 32.2. The number of carbonyl (C=O) groups is 1. The van der Waals surface area contributed by atoms with Crippen LogP contribution in [0.3, 0.4) is 0 Å². The van der Waals surface area contributed by atoms with Gasteiger partial charge in [0.05, 0.1) is 6.54 Å². The Labute approximate surface area is 102 Å². The molecule has 1 amide bonds. The Balaban J connectivity index is 1.66. The van der Waals surface area contributed by atoms with E-state index in [1.165, 1.54) is 12.2 Å². The van der Waals surface area contributed by atoms with Crippen LogP contribution in [0.25, 0.3) is 0 Å². The van der Waals surface area contributed by atoms with Gasteiger partial charge in [-0.1, -0.05) is 13.8 Å². The molecule has 92 valence electrons. The number of hydrogen-bond acceptors (Lipinski definition) is 3. The fourth-order valence-electron chi connectivity index (χ4n) is 2.14. The summed E-state index contributed by atoms with van der Waals surface area (Å²) in [6, 6.07) is 0.977. The van der Waals surface area contributed by atoms with Gasteiger partial charge in [-0.15, -0.1) is 0 Å². The van der Waals surface area contributed by atoms with Crippen molar-refractivity contribution in [1.82, 2.24) is 10.6 Å². The fourth-order valence-corrected chi connectivity index (χ4v) is 3.45. The summed E-state index contributed by atoms with van der Waals surface area (Å²) in [5, 5.41) is 6.38. The van der Waals surface area contributed by atoms with Crippen molar-refractivity contribution in [2.24, 2.45) is 5.41 Å². The third-order valence-corrected chi connectivity index (χ3v) is 4.73. The highest BCUT2D eigenvalue weighted by molar-refractivity contribution is 7.99. The number of amides is 1. The molecular formula is C12H22N2OS. The smallest absolute Gasteiger partial charge is 0.234 e. The summed E-state index contributed by atoms with van der Waals surface area (Å²) < 4.78 is 0. The van der Waals surface area contributed by atoms with Crippen LogP contribution in [0.5, 0.6) is 0 Å². The van der Waals surface area contributed by atoms with E-state index in [0.717, 1.165) is 18.6 Å². The number of rotatable bonds is 4. The van der Waals surface area contributed by atoms with Crippen molar-refractivity contribution in [2.75, 3.05) is 18.1 Å². The van der Waals surface area contributed by atoms with Crippen LogP contribution in [0.1, 0.15) is 33.1 Å². The number of carbonyl (C=O) groups excluding carboxylic acids is 1. The minimum absolute atomic E-state index is 0.163. The molecule has 1 saturated heterocycles.